The molecule has 1 aromatic heterocycles. The summed E-state index contributed by atoms with van der Waals surface area (Å²) in [4.78, 5) is 39.1. The van der Waals surface area contributed by atoms with Gasteiger partial charge in [-0.15, -0.1) is 0 Å². The molecular weight excluding hydrogens is 366 g/mol. The fourth-order valence-corrected chi connectivity index (χ4v) is 4.35. The molecule has 3 aromatic rings. The van der Waals surface area contributed by atoms with Crippen molar-refractivity contribution >= 4 is 17.3 Å². The van der Waals surface area contributed by atoms with Crippen LogP contribution in [0.3, 0.4) is 0 Å². The molecule has 1 aliphatic heterocycles. The number of benzene rings is 2. The number of carbonyl (C=O) groups is 1. The predicted octanol–water partition coefficient (Wildman–Crippen LogP) is 2.56. The molecule has 1 atom stereocenters. The van der Waals surface area contributed by atoms with E-state index in [4.69, 9.17) is 0 Å². The second-order valence-corrected chi connectivity index (χ2v) is 7.60. The average molecular weight is 385 g/mol. The lowest BCUT2D eigenvalue weighted by Crippen LogP contribution is -2.42. The highest BCUT2D eigenvalue weighted by molar-refractivity contribution is 6.23. The van der Waals surface area contributed by atoms with Crippen LogP contribution in [0.25, 0.3) is 5.70 Å². The van der Waals surface area contributed by atoms with E-state index in [0.29, 0.717) is 28.2 Å². The molecule has 2 aliphatic rings. The van der Waals surface area contributed by atoms with Gasteiger partial charge in [0.2, 0.25) is 0 Å². The van der Waals surface area contributed by atoms with E-state index in [1.54, 1.807) is 13.1 Å². The number of carbonyl (C=O) groups excluding carboxylic acids is 1. The summed E-state index contributed by atoms with van der Waals surface area (Å²) in [6.07, 6.45) is 0. The quantitative estimate of drug-likeness (QED) is 0.699. The maximum Gasteiger partial charge on any atom is 0.332 e. The zero-order chi connectivity index (χ0) is 20.4. The first-order chi connectivity index (χ1) is 13.9. The number of fused-ring (bicyclic) bond motifs is 3. The van der Waals surface area contributed by atoms with Crippen LogP contribution in [0.1, 0.15) is 38.5 Å². The Morgan fingerprint density at radius 1 is 0.862 bits per heavy atom. The van der Waals surface area contributed by atoms with Crippen LogP contribution >= 0.6 is 0 Å². The average Bonchev–Trinajstić information content (AvgIpc) is 3.02. The van der Waals surface area contributed by atoms with E-state index in [1.807, 2.05) is 49.4 Å². The van der Waals surface area contributed by atoms with Gasteiger partial charge in [-0.25, -0.2) is 4.79 Å². The largest absolute Gasteiger partial charge is 0.340 e. The van der Waals surface area contributed by atoms with E-state index in [9.17, 15) is 14.4 Å². The van der Waals surface area contributed by atoms with E-state index in [1.165, 1.54) is 11.6 Å². The van der Waals surface area contributed by atoms with E-state index >= 15 is 0 Å². The van der Waals surface area contributed by atoms with Crippen molar-refractivity contribution in [1.82, 2.24) is 9.13 Å². The van der Waals surface area contributed by atoms with E-state index < -0.39 is 17.2 Å². The first-order valence-corrected chi connectivity index (χ1v) is 9.42. The first-order valence-electron chi connectivity index (χ1n) is 9.42. The van der Waals surface area contributed by atoms with Gasteiger partial charge in [-0.3, -0.25) is 18.7 Å². The summed E-state index contributed by atoms with van der Waals surface area (Å²) in [6.45, 7) is 1.99. The summed E-state index contributed by atoms with van der Waals surface area (Å²) in [5.41, 5.74) is 4.18. The molecule has 0 spiro atoms. The molecule has 0 bridgehead atoms. The topological polar surface area (TPSA) is 73.1 Å². The Labute approximate surface area is 166 Å². The minimum atomic E-state index is -0.549. The van der Waals surface area contributed by atoms with Gasteiger partial charge in [0.1, 0.15) is 5.82 Å². The molecule has 2 aromatic carbocycles. The smallest absolute Gasteiger partial charge is 0.332 e. The van der Waals surface area contributed by atoms with Gasteiger partial charge in [0.25, 0.3) is 5.56 Å². The van der Waals surface area contributed by atoms with Gasteiger partial charge in [-0.05, 0) is 12.5 Å². The van der Waals surface area contributed by atoms with Crippen LogP contribution < -0.4 is 16.6 Å². The molecule has 5 rings (SSSR count). The molecular formula is C23H19N3O3. The van der Waals surface area contributed by atoms with Gasteiger partial charge >= 0.3 is 5.69 Å². The summed E-state index contributed by atoms with van der Waals surface area (Å²) >= 11 is 0. The van der Waals surface area contributed by atoms with E-state index in [-0.39, 0.29) is 5.78 Å². The highest BCUT2D eigenvalue weighted by Gasteiger charge is 2.42. The lowest BCUT2D eigenvalue weighted by Gasteiger charge is -2.29. The molecule has 144 valence electrons. The normalized spacial score (nSPS) is 16.9. The molecule has 1 unspecified atom stereocenters. The molecule has 0 saturated heterocycles. The third-order valence-corrected chi connectivity index (χ3v) is 5.89. The van der Waals surface area contributed by atoms with Crippen molar-refractivity contribution in [2.75, 3.05) is 5.32 Å². The first kappa shape index (κ1) is 17.4. The lowest BCUT2D eigenvalue weighted by molar-refractivity contribution is 0.103. The van der Waals surface area contributed by atoms with Crippen molar-refractivity contribution in [3.8, 4) is 0 Å². The summed E-state index contributed by atoms with van der Waals surface area (Å²) < 4.78 is 2.53. The Bertz CT molecular complexity index is 1360. The van der Waals surface area contributed by atoms with Crippen LogP contribution in [0.15, 0.2) is 63.7 Å². The molecule has 6 nitrogen and oxygen atoms in total. The standard InChI is InChI=1S/C23H19N3O3/c1-12-8-10-13(11-9-12)16-17-19(14-6-4-5-7-15(14)20(17)27)24-21-18(16)22(28)26(3)23(29)25(21)2/h4-11,16,24H,1-3H3. The number of ketones is 1. The number of Topliss-reactive ketones (excluding diaryl/α,β-unsaturated/α-hetero) is 1. The number of nitrogens with zero attached hydrogens (tertiary/aromatic N) is 2. The summed E-state index contributed by atoms with van der Waals surface area (Å²) in [7, 11) is 3.10. The molecule has 0 amide bonds. The molecule has 1 N–H and O–H groups in total. The number of allylic oxidation sites excluding steroid dienone is 1. The minimum absolute atomic E-state index is 0.0877. The Kier molecular flexibility index (Phi) is 3.55. The predicted molar refractivity (Wildman–Crippen MR) is 111 cm³/mol. The van der Waals surface area contributed by atoms with Gasteiger partial charge in [0, 0.05) is 36.7 Å². The number of hydrogen-bond acceptors (Lipinski definition) is 4. The molecule has 6 heteroatoms. The highest BCUT2D eigenvalue weighted by Crippen LogP contribution is 2.47. The second-order valence-electron chi connectivity index (χ2n) is 7.60. The van der Waals surface area contributed by atoms with Gasteiger partial charge in [0.05, 0.1) is 11.3 Å². The van der Waals surface area contributed by atoms with Crippen LogP contribution in [0.5, 0.6) is 0 Å². The SMILES string of the molecule is Cc1ccc(C2C3=C(Nc4c2c(=O)n(C)c(=O)n4C)c2ccccc2C3=O)cc1. The lowest BCUT2D eigenvalue weighted by atomic mass is 9.81. The van der Waals surface area contributed by atoms with Gasteiger partial charge in [-0.2, -0.15) is 0 Å². The van der Waals surface area contributed by atoms with Gasteiger partial charge < -0.3 is 5.32 Å². The molecule has 29 heavy (non-hydrogen) atoms. The van der Waals surface area contributed by atoms with Gasteiger partial charge in [0.15, 0.2) is 5.78 Å². The van der Waals surface area contributed by atoms with E-state index in [0.717, 1.165) is 21.3 Å². The monoisotopic (exact) mass is 385 g/mol. The second kappa shape index (κ2) is 5.91. The molecule has 0 fully saturated rings. The van der Waals surface area contributed by atoms with Crippen molar-refractivity contribution in [1.29, 1.82) is 0 Å². The van der Waals surface area contributed by atoms with E-state index in [2.05, 4.69) is 5.32 Å². The van der Waals surface area contributed by atoms with Crippen LogP contribution in [0, 0.1) is 6.92 Å². The zero-order valence-corrected chi connectivity index (χ0v) is 16.3. The van der Waals surface area contributed by atoms with Gasteiger partial charge in [-0.1, -0.05) is 54.1 Å². The number of aromatic nitrogens is 2. The third-order valence-electron chi connectivity index (χ3n) is 5.89. The minimum Gasteiger partial charge on any atom is -0.340 e. The molecule has 0 saturated carbocycles. The Morgan fingerprint density at radius 2 is 1.52 bits per heavy atom. The van der Waals surface area contributed by atoms with Crippen LogP contribution in [-0.4, -0.2) is 14.9 Å². The summed E-state index contributed by atoms with van der Waals surface area (Å²) in [6, 6.07) is 15.2. The number of hydrogen-bond donors (Lipinski definition) is 1. The number of rotatable bonds is 1. The van der Waals surface area contributed by atoms with Crippen molar-refractivity contribution in [3.63, 3.8) is 0 Å². The Morgan fingerprint density at radius 3 is 2.21 bits per heavy atom. The van der Waals surface area contributed by atoms with Crippen LogP contribution in [0.2, 0.25) is 0 Å². The fourth-order valence-electron chi connectivity index (χ4n) is 4.35. The number of nitrogens with one attached hydrogen (secondary N) is 1. The molecule has 0 radical (unpaired) electrons. The van der Waals surface area contributed by atoms with Crippen LogP contribution in [-0.2, 0) is 14.1 Å². The number of anilines is 1. The molecule has 2 heterocycles. The summed E-state index contributed by atoms with van der Waals surface area (Å²) in [5, 5.41) is 3.24. The van der Waals surface area contributed by atoms with Crippen molar-refractivity contribution in [3.05, 3.63) is 103 Å². The van der Waals surface area contributed by atoms with Crippen LogP contribution in [0.4, 0.5) is 5.82 Å². The highest BCUT2D eigenvalue weighted by atomic mass is 16.2. The summed E-state index contributed by atoms with van der Waals surface area (Å²) in [5.74, 6) is -0.200. The van der Waals surface area contributed by atoms with Crippen molar-refractivity contribution in [2.24, 2.45) is 14.1 Å². The molecule has 1 aliphatic carbocycles. The Hall–Kier alpha value is -3.67. The van der Waals surface area contributed by atoms with Crippen molar-refractivity contribution < 1.29 is 4.79 Å². The third kappa shape index (κ3) is 2.26. The fraction of sp³-hybridized carbons (Fsp3) is 0.174. The number of aryl methyl sites for hydroxylation is 1. The maximum atomic E-state index is 13.4. The van der Waals surface area contributed by atoms with Crippen molar-refractivity contribution in [2.45, 2.75) is 12.8 Å². The maximum absolute atomic E-state index is 13.4. The Balaban J connectivity index is 1.89. The zero-order valence-electron chi connectivity index (χ0n) is 16.3.